The third kappa shape index (κ3) is 2.77. The fourth-order valence-corrected chi connectivity index (χ4v) is 1.61. The number of nitrogen functional groups attached to an aromatic ring is 1. The topological polar surface area (TPSA) is 76.1 Å². The molecule has 0 saturated carbocycles. The zero-order chi connectivity index (χ0) is 14.1. The van der Waals surface area contributed by atoms with Crippen LogP contribution in [0.5, 0.6) is 0 Å². The van der Waals surface area contributed by atoms with Crippen LogP contribution in [0, 0.1) is 0 Å². The number of nitrogens with one attached hydrogen (secondary N) is 1. The molecule has 1 rings (SSSR count). The fourth-order valence-electron chi connectivity index (χ4n) is 1.61. The number of anilines is 2. The molecular formula is C13H26N4O. The molecule has 0 fully saturated rings. The van der Waals surface area contributed by atoms with Gasteiger partial charge in [-0.25, -0.2) is 0 Å². The van der Waals surface area contributed by atoms with E-state index in [0.29, 0.717) is 5.69 Å². The second kappa shape index (κ2) is 4.80. The van der Waals surface area contributed by atoms with Crippen molar-refractivity contribution in [2.45, 2.75) is 58.6 Å². The average Bonchev–Trinajstić information content (AvgIpc) is 2.45. The van der Waals surface area contributed by atoms with Gasteiger partial charge >= 0.3 is 0 Å². The average molecular weight is 254 g/mol. The molecule has 1 heterocycles. The quantitative estimate of drug-likeness (QED) is 0.750. The van der Waals surface area contributed by atoms with Crippen LogP contribution in [0.4, 0.5) is 11.5 Å². The van der Waals surface area contributed by atoms with Gasteiger partial charge in [-0.15, -0.1) is 0 Å². The van der Waals surface area contributed by atoms with Crippen LogP contribution in [-0.4, -0.2) is 26.0 Å². The molecule has 0 aromatic carbocycles. The Morgan fingerprint density at radius 2 is 1.89 bits per heavy atom. The standard InChI is InChI=1S/C13H26N4O/c1-7-8-9-10(14)11(17(6)16-9)15-12(2,3)13(4,5)18/h15,18H,7-8,14H2,1-6H3. The Kier molecular flexibility index (Phi) is 3.96. The van der Waals surface area contributed by atoms with Gasteiger partial charge in [-0.2, -0.15) is 5.10 Å². The van der Waals surface area contributed by atoms with Crippen LogP contribution in [-0.2, 0) is 13.5 Å². The Morgan fingerprint density at radius 3 is 2.33 bits per heavy atom. The van der Waals surface area contributed by atoms with Crippen molar-refractivity contribution in [1.82, 2.24) is 9.78 Å². The van der Waals surface area contributed by atoms with Gasteiger partial charge in [0.2, 0.25) is 0 Å². The molecule has 1 aromatic rings. The first-order chi connectivity index (χ1) is 8.10. The van der Waals surface area contributed by atoms with E-state index < -0.39 is 11.1 Å². The Balaban J connectivity index is 3.05. The molecule has 0 radical (unpaired) electrons. The van der Waals surface area contributed by atoms with Crippen molar-refractivity contribution in [2.75, 3.05) is 11.1 Å². The lowest BCUT2D eigenvalue weighted by Gasteiger charge is -2.38. The van der Waals surface area contributed by atoms with Crippen molar-refractivity contribution >= 4 is 11.5 Å². The van der Waals surface area contributed by atoms with E-state index in [9.17, 15) is 5.11 Å². The Bertz CT molecular complexity index is 415. The Morgan fingerprint density at radius 1 is 1.33 bits per heavy atom. The molecule has 0 amide bonds. The summed E-state index contributed by atoms with van der Waals surface area (Å²) in [5, 5.41) is 17.9. The van der Waals surface area contributed by atoms with Crippen molar-refractivity contribution in [1.29, 1.82) is 0 Å². The van der Waals surface area contributed by atoms with Gasteiger partial charge in [0.05, 0.1) is 22.5 Å². The van der Waals surface area contributed by atoms with Crippen molar-refractivity contribution in [3.63, 3.8) is 0 Å². The molecule has 104 valence electrons. The highest BCUT2D eigenvalue weighted by molar-refractivity contribution is 5.66. The number of aryl methyl sites for hydroxylation is 2. The van der Waals surface area contributed by atoms with Gasteiger partial charge in [0.15, 0.2) is 0 Å². The number of hydrogen-bond acceptors (Lipinski definition) is 4. The van der Waals surface area contributed by atoms with Gasteiger partial charge in [0, 0.05) is 7.05 Å². The largest absolute Gasteiger partial charge is 0.394 e. The van der Waals surface area contributed by atoms with Crippen LogP contribution < -0.4 is 11.1 Å². The lowest BCUT2D eigenvalue weighted by atomic mass is 9.86. The minimum absolute atomic E-state index is 0.502. The predicted molar refractivity (Wildman–Crippen MR) is 75.6 cm³/mol. The number of aliphatic hydroxyl groups is 1. The van der Waals surface area contributed by atoms with Crippen LogP contribution in [0.2, 0.25) is 0 Å². The second-order valence-electron chi connectivity index (χ2n) is 5.89. The minimum Gasteiger partial charge on any atom is -0.394 e. The highest BCUT2D eigenvalue weighted by atomic mass is 16.3. The zero-order valence-corrected chi connectivity index (χ0v) is 12.3. The SMILES string of the molecule is CCCc1nn(C)c(NC(C)(C)C(C)(C)O)c1N. The summed E-state index contributed by atoms with van der Waals surface area (Å²) in [7, 11) is 1.86. The summed E-state index contributed by atoms with van der Waals surface area (Å²) >= 11 is 0. The van der Waals surface area contributed by atoms with Gasteiger partial charge < -0.3 is 16.2 Å². The molecule has 0 atom stereocenters. The predicted octanol–water partition coefficient (Wildman–Crippen LogP) is 1.92. The maximum atomic E-state index is 10.2. The Labute approximate surface area is 109 Å². The van der Waals surface area contributed by atoms with E-state index >= 15 is 0 Å². The number of nitrogens with zero attached hydrogens (tertiary/aromatic N) is 2. The minimum atomic E-state index is -0.866. The van der Waals surface area contributed by atoms with Gasteiger partial charge in [0.1, 0.15) is 5.82 Å². The highest BCUT2D eigenvalue weighted by Gasteiger charge is 2.36. The zero-order valence-electron chi connectivity index (χ0n) is 12.3. The summed E-state index contributed by atoms with van der Waals surface area (Å²) in [6, 6.07) is 0. The molecule has 0 bridgehead atoms. The van der Waals surface area contributed by atoms with Gasteiger partial charge in [-0.05, 0) is 34.1 Å². The van der Waals surface area contributed by atoms with E-state index in [1.165, 1.54) is 0 Å². The number of rotatable bonds is 5. The lowest BCUT2D eigenvalue weighted by molar-refractivity contribution is 0.0238. The first kappa shape index (κ1) is 14.8. The fraction of sp³-hybridized carbons (Fsp3) is 0.769. The lowest BCUT2D eigenvalue weighted by Crippen LogP contribution is -2.51. The van der Waals surface area contributed by atoms with E-state index in [1.807, 2.05) is 20.9 Å². The van der Waals surface area contributed by atoms with Crippen molar-refractivity contribution in [3.05, 3.63) is 5.69 Å². The summed E-state index contributed by atoms with van der Waals surface area (Å²) in [4.78, 5) is 0. The number of nitrogens with two attached hydrogens (primary N) is 1. The molecule has 0 aliphatic carbocycles. The van der Waals surface area contributed by atoms with E-state index in [-0.39, 0.29) is 0 Å². The normalized spacial score (nSPS) is 12.8. The van der Waals surface area contributed by atoms with E-state index in [0.717, 1.165) is 24.4 Å². The Hall–Kier alpha value is -1.23. The maximum absolute atomic E-state index is 10.2. The third-order valence-electron chi connectivity index (χ3n) is 3.61. The number of aromatic nitrogens is 2. The molecule has 0 aliphatic rings. The second-order valence-corrected chi connectivity index (χ2v) is 5.89. The molecule has 5 heteroatoms. The van der Waals surface area contributed by atoms with Crippen LogP contribution in [0.25, 0.3) is 0 Å². The molecule has 0 spiro atoms. The molecule has 0 unspecified atom stereocenters. The third-order valence-corrected chi connectivity index (χ3v) is 3.61. The summed E-state index contributed by atoms with van der Waals surface area (Å²) in [6.07, 6.45) is 1.87. The van der Waals surface area contributed by atoms with Crippen LogP contribution in [0.1, 0.15) is 46.7 Å². The van der Waals surface area contributed by atoms with Gasteiger partial charge in [-0.1, -0.05) is 13.3 Å². The summed E-state index contributed by atoms with van der Waals surface area (Å²) in [6.45, 7) is 9.54. The van der Waals surface area contributed by atoms with Crippen LogP contribution in [0.15, 0.2) is 0 Å². The van der Waals surface area contributed by atoms with Crippen LogP contribution in [0.3, 0.4) is 0 Å². The molecule has 4 N–H and O–H groups in total. The maximum Gasteiger partial charge on any atom is 0.148 e. The van der Waals surface area contributed by atoms with Crippen molar-refractivity contribution in [2.24, 2.45) is 7.05 Å². The first-order valence-corrected chi connectivity index (χ1v) is 6.42. The summed E-state index contributed by atoms with van der Waals surface area (Å²) in [5.41, 5.74) is 6.33. The summed E-state index contributed by atoms with van der Waals surface area (Å²) in [5.74, 6) is 0.769. The first-order valence-electron chi connectivity index (χ1n) is 6.42. The van der Waals surface area contributed by atoms with E-state index in [1.54, 1.807) is 18.5 Å². The molecule has 0 saturated heterocycles. The van der Waals surface area contributed by atoms with Crippen molar-refractivity contribution < 1.29 is 5.11 Å². The molecule has 5 nitrogen and oxygen atoms in total. The van der Waals surface area contributed by atoms with E-state index in [4.69, 9.17) is 5.73 Å². The molecule has 1 aromatic heterocycles. The van der Waals surface area contributed by atoms with Crippen LogP contribution >= 0.6 is 0 Å². The van der Waals surface area contributed by atoms with Gasteiger partial charge in [-0.3, -0.25) is 4.68 Å². The summed E-state index contributed by atoms with van der Waals surface area (Å²) < 4.78 is 1.74. The van der Waals surface area contributed by atoms with Crippen molar-refractivity contribution in [3.8, 4) is 0 Å². The number of hydrogen-bond donors (Lipinski definition) is 3. The smallest absolute Gasteiger partial charge is 0.148 e. The monoisotopic (exact) mass is 254 g/mol. The molecule has 18 heavy (non-hydrogen) atoms. The molecular weight excluding hydrogens is 228 g/mol. The van der Waals surface area contributed by atoms with Gasteiger partial charge in [0.25, 0.3) is 0 Å². The highest BCUT2D eigenvalue weighted by Crippen LogP contribution is 2.30. The molecule has 0 aliphatic heterocycles. The van der Waals surface area contributed by atoms with E-state index in [2.05, 4.69) is 17.3 Å².